The van der Waals surface area contributed by atoms with Crippen LogP contribution in [0.5, 0.6) is 0 Å². The molecule has 0 aromatic rings. The van der Waals surface area contributed by atoms with Gasteiger partial charge in [-0.1, -0.05) is 19.3 Å². The van der Waals surface area contributed by atoms with Crippen LogP contribution in [0.4, 0.5) is 0 Å². The summed E-state index contributed by atoms with van der Waals surface area (Å²) in [7, 11) is 0. The van der Waals surface area contributed by atoms with E-state index in [1.165, 1.54) is 0 Å². The van der Waals surface area contributed by atoms with Gasteiger partial charge in [0.2, 0.25) is 0 Å². The number of esters is 1. The normalized spacial score (nSPS) is 23.4. The number of carbonyl (C=O) groups excluding carboxylic acids is 2. The zero-order valence-electron chi connectivity index (χ0n) is 15.4. The molecule has 26 heavy (non-hydrogen) atoms. The fourth-order valence-corrected chi connectivity index (χ4v) is 3.55. The molecule has 2 aliphatic heterocycles. The molecule has 0 radical (unpaired) electrons. The van der Waals surface area contributed by atoms with Crippen molar-refractivity contribution in [1.82, 2.24) is 0 Å². The number of rotatable bonds is 9. The number of unbranched alkanes of at least 4 members (excludes halogenated alkanes) is 5. The van der Waals surface area contributed by atoms with E-state index in [9.17, 15) is 14.7 Å². The third-order valence-corrected chi connectivity index (χ3v) is 5.10. The summed E-state index contributed by atoms with van der Waals surface area (Å²) in [6.07, 6.45) is 7.95. The molecule has 1 unspecified atom stereocenters. The van der Waals surface area contributed by atoms with Gasteiger partial charge in [-0.15, -0.1) is 0 Å². The van der Waals surface area contributed by atoms with Crippen LogP contribution in [0.15, 0.2) is 11.3 Å². The van der Waals surface area contributed by atoms with Gasteiger partial charge in [-0.05, 0) is 38.0 Å². The number of nitriles is 1. The molecule has 0 saturated carbocycles. The first kappa shape index (κ1) is 20.4. The summed E-state index contributed by atoms with van der Waals surface area (Å²) in [5, 5.41) is 18.7. The van der Waals surface area contributed by atoms with Gasteiger partial charge in [-0.2, -0.15) is 5.26 Å². The Labute approximate surface area is 155 Å². The van der Waals surface area contributed by atoms with Crippen molar-refractivity contribution in [3.63, 3.8) is 0 Å². The Bertz CT molecular complexity index is 537. The molecule has 2 aliphatic rings. The van der Waals surface area contributed by atoms with Crippen LogP contribution in [-0.2, 0) is 19.1 Å². The molecular formula is C20H29NO5. The first-order valence-corrected chi connectivity index (χ1v) is 9.72. The number of aliphatic hydroxyl groups is 1. The number of aliphatic hydroxyl groups excluding tert-OH is 1. The maximum absolute atomic E-state index is 12.3. The van der Waals surface area contributed by atoms with Gasteiger partial charge >= 0.3 is 5.97 Å². The summed E-state index contributed by atoms with van der Waals surface area (Å²) in [4.78, 5) is 24.5. The largest absolute Gasteiger partial charge is 0.511 e. The van der Waals surface area contributed by atoms with Crippen LogP contribution in [0.1, 0.15) is 70.6 Å². The third-order valence-electron chi connectivity index (χ3n) is 5.10. The highest BCUT2D eigenvalue weighted by atomic mass is 16.5. The topological polar surface area (TPSA) is 96.6 Å². The Hall–Kier alpha value is -1.87. The highest BCUT2D eigenvalue weighted by Gasteiger charge is 2.35. The molecule has 0 aliphatic carbocycles. The molecule has 144 valence electrons. The Morgan fingerprint density at radius 3 is 2.50 bits per heavy atom. The van der Waals surface area contributed by atoms with Crippen molar-refractivity contribution in [2.45, 2.75) is 76.7 Å². The highest BCUT2D eigenvalue weighted by Crippen LogP contribution is 2.27. The Morgan fingerprint density at radius 2 is 1.81 bits per heavy atom. The van der Waals surface area contributed by atoms with Crippen LogP contribution in [-0.4, -0.2) is 36.2 Å². The Morgan fingerprint density at radius 1 is 1.12 bits per heavy atom. The lowest BCUT2D eigenvalue weighted by Crippen LogP contribution is -2.33. The summed E-state index contributed by atoms with van der Waals surface area (Å²) in [5.74, 6) is -0.854. The molecule has 0 aromatic heterocycles. The molecule has 1 atom stereocenters. The van der Waals surface area contributed by atoms with Gasteiger partial charge in [0.1, 0.15) is 17.4 Å². The lowest BCUT2D eigenvalue weighted by molar-refractivity contribution is -0.151. The van der Waals surface area contributed by atoms with Crippen molar-refractivity contribution < 1.29 is 24.2 Å². The number of nitrogens with zero attached hydrogens (tertiary/aromatic N) is 1. The van der Waals surface area contributed by atoms with Crippen LogP contribution < -0.4 is 0 Å². The minimum absolute atomic E-state index is 0.122. The first-order valence-electron chi connectivity index (χ1n) is 9.72. The van der Waals surface area contributed by atoms with Crippen LogP contribution in [0.2, 0.25) is 0 Å². The molecule has 6 heteroatoms. The first-order chi connectivity index (χ1) is 12.6. The lowest BCUT2D eigenvalue weighted by atomic mass is 9.91. The van der Waals surface area contributed by atoms with Gasteiger partial charge in [0.05, 0.1) is 6.07 Å². The smallest absolute Gasteiger partial charge is 0.345 e. The molecule has 2 rings (SSSR count). The Kier molecular flexibility index (Phi) is 8.63. The molecule has 6 nitrogen and oxygen atoms in total. The molecule has 0 amide bonds. The minimum atomic E-state index is -0.676. The monoisotopic (exact) mass is 363 g/mol. The number of hydrogen-bond donors (Lipinski definition) is 1. The second-order valence-electron chi connectivity index (χ2n) is 7.20. The summed E-state index contributed by atoms with van der Waals surface area (Å²) in [6.45, 7) is 1.31. The zero-order chi connectivity index (χ0) is 18.8. The maximum Gasteiger partial charge on any atom is 0.345 e. The van der Waals surface area contributed by atoms with E-state index in [0.717, 1.165) is 44.9 Å². The summed E-state index contributed by atoms with van der Waals surface area (Å²) in [6, 6.07) is 2.13. The molecule has 1 N–H and O–H groups in total. The van der Waals surface area contributed by atoms with Crippen molar-refractivity contribution >= 4 is 11.8 Å². The second kappa shape index (κ2) is 11.0. The number of ketones is 1. The van der Waals surface area contributed by atoms with Gasteiger partial charge in [-0.25, -0.2) is 4.79 Å². The van der Waals surface area contributed by atoms with E-state index < -0.39 is 5.97 Å². The van der Waals surface area contributed by atoms with Gasteiger partial charge < -0.3 is 14.6 Å². The molecule has 0 bridgehead atoms. The van der Waals surface area contributed by atoms with Gasteiger partial charge in [-0.3, -0.25) is 4.79 Å². The van der Waals surface area contributed by atoms with E-state index in [0.29, 0.717) is 32.5 Å². The maximum atomic E-state index is 12.3. The van der Waals surface area contributed by atoms with Crippen molar-refractivity contribution in [3.8, 4) is 6.07 Å². The zero-order valence-corrected chi connectivity index (χ0v) is 15.4. The van der Waals surface area contributed by atoms with Crippen LogP contribution in [0, 0.1) is 17.2 Å². The predicted octanol–water partition coefficient (Wildman–Crippen LogP) is 3.75. The molecule has 0 aromatic carbocycles. The predicted molar refractivity (Wildman–Crippen MR) is 95.3 cm³/mol. The number of ether oxygens (including phenoxy) is 2. The van der Waals surface area contributed by atoms with Crippen LogP contribution in [0.25, 0.3) is 0 Å². The average Bonchev–Trinajstić information content (AvgIpc) is 2.61. The number of cyclic esters (lactones) is 1. The van der Waals surface area contributed by atoms with Crippen molar-refractivity contribution in [1.29, 1.82) is 5.26 Å². The standard InChI is InChI=1S/C20H29NO5/c21-10-6-4-2-1-3-5-7-16-14-18(23)19(20(24)26-16)17(22)13-15-8-11-25-12-9-15/h15-16,22H,1-9,11-14H2/b19-17-. The SMILES string of the molecule is N#CCCCCCCCC1CC(=O)/C(=C(/O)CC2CCOCC2)C(=O)O1. The van der Waals surface area contributed by atoms with Crippen molar-refractivity contribution in [2.75, 3.05) is 13.2 Å². The fraction of sp³-hybridized carbons (Fsp3) is 0.750. The number of Topliss-reactive ketones (excluding diaryl/α,β-unsaturated/α-hetero) is 1. The summed E-state index contributed by atoms with van der Waals surface area (Å²) >= 11 is 0. The minimum Gasteiger partial charge on any atom is -0.511 e. The number of carbonyl (C=O) groups is 2. The highest BCUT2D eigenvalue weighted by molar-refractivity contribution is 6.19. The molecule has 2 fully saturated rings. The number of allylic oxidation sites excluding steroid dienone is 1. The van der Waals surface area contributed by atoms with Gasteiger partial charge in [0.15, 0.2) is 5.78 Å². The lowest BCUT2D eigenvalue weighted by Gasteiger charge is -2.25. The Balaban J connectivity index is 1.75. The fourth-order valence-electron chi connectivity index (χ4n) is 3.55. The van der Waals surface area contributed by atoms with Gasteiger partial charge in [0.25, 0.3) is 0 Å². The molecule has 2 saturated heterocycles. The third kappa shape index (κ3) is 6.45. The summed E-state index contributed by atoms with van der Waals surface area (Å²) in [5.41, 5.74) is -0.149. The van der Waals surface area contributed by atoms with Crippen molar-refractivity contribution in [2.24, 2.45) is 5.92 Å². The van der Waals surface area contributed by atoms with Crippen LogP contribution in [0.3, 0.4) is 0 Å². The molecular weight excluding hydrogens is 334 g/mol. The van der Waals surface area contributed by atoms with E-state index in [4.69, 9.17) is 14.7 Å². The molecule has 2 heterocycles. The van der Waals surface area contributed by atoms with E-state index in [1.54, 1.807) is 0 Å². The second-order valence-corrected chi connectivity index (χ2v) is 7.20. The van der Waals surface area contributed by atoms with E-state index in [-0.39, 0.29) is 35.6 Å². The van der Waals surface area contributed by atoms with E-state index in [2.05, 4.69) is 6.07 Å². The number of hydrogen-bond acceptors (Lipinski definition) is 6. The molecule has 0 spiro atoms. The van der Waals surface area contributed by atoms with Gasteiger partial charge in [0, 0.05) is 32.5 Å². The average molecular weight is 363 g/mol. The summed E-state index contributed by atoms with van der Waals surface area (Å²) < 4.78 is 10.7. The van der Waals surface area contributed by atoms with Crippen LogP contribution >= 0.6 is 0 Å². The van der Waals surface area contributed by atoms with E-state index in [1.807, 2.05) is 0 Å². The van der Waals surface area contributed by atoms with E-state index >= 15 is 0 Å². The quantitative estimate of drug-likeness (QED) is 0.220. The van der Waals surface area contributed by atoms with Crippen molar-refractivity contribution in [3.05, 3.63) is 11.3 Å².